The van der Waals surface area contributed by atoms with Crippen molar-refractivity contribution in [3.63, 3.8) is 0 Å². The summed E-state index contributed by atoms with van der Waals surface area (Å²) in [6, 6.07) is 0.574. The normalized spacial score (nSPS) is 13.5. The van der Waals surface area contributed by atoms with Gasteiger partial charge in [0, 0.05) is 13.1 Å². The molecule has 0 bridgehead atoms. The predicted octanol–water partition coefficient (Wildman–Crippen LogP) is -0.415. The number of nitrogen functional groups attached to an aromatic ring is 1. The fourth-order valence-electron chi connectivity index (χ4n) is 1.63. The summed E-state index contributed by atoms with van der Waals surface area (Å²) in [6.45, 7) is 7.20. The molecule has 0 unspecified atom stereocenters. The number of nitrogens with zero attached hydrogens (tertiary/aromatic N) is 4. The minimum atomic E-state index is 0.472. The highest BCUT2D eigenvalue weighted by molar-refractivity contribution is 5.32. The molecule has 2 rings (SSSR count). The standard InChI is InChI=1S/C9H15N5O/c1-3-13(4-2)8-11-7(10)14-5-6-15-9(14)12-8/h10H,3-6H2,1-2H3/p+1. The lowest BCUT2D eigenvalue weighted by Gasteiger charge is -2.14. The van der Waals surface area contributed by atoms with Crippen molar-refractivity contribution in [2.45, 2.75) is 20.4 Å². The molecule has 0 aromatic carbocycles. The van der Waals surface area contributed by atoms with Gasteiger partial charge in [-0.25, -0.2) is 0 Å². The highest BCUT2D eigenvalue weighted by atomic mass is 16.5. The molecule has 6 heteroatoms. The van der Waals surface area contributed by atoms with Gasteiger partial charge in [-0.05, 0) is 18.8 Å². The van der Waals surface area contributed by atoms with Crippen molar-refractivity contribution < 1.29 is 9.30 Å². The van der Waals surface area contributed by atoms with Gasteiger partial charge in [0.1, 0.15) is 13.2 Å². The average Bonchev–Trinajstić information content (AvgIpc) is 2.68. The largest absolute Gasteiger partial charge is 0.444 e. The predicted molar refractivity (Wildman–Crippen MR) is 55.7 cm³/mol. The van der Waals surface area contributed by atoms with Gasteiger partial charge in [0.25, 0.3) is 0 Å². The van der Waals surface area contributed by atoms with Crippen LogP contribution >= 0.6 is 0 Å². The van der Waals surface area contributed by atoms with Gasteiger partial charge in [0.15, 0.2) is 0 Å². The van der Waals surface area contributed by atoms with E-state index in [1.165, 1.54) is 0 Å². The van der Waals surface area contributed by atoms with E-state index in [0.29, 0.717) is 24.5 Å². The van der Waals surface area contributed by atoms with Crippen molar-refractivity contribution in [1.82, 2.24) is 9.97 Å². The van der Waals surface area contributed by atoms with Crippen molar-refractivity contribution in [3.8, 4) is 6.01 Å². The van der Waals surface area contributed by atoms with E-state index in [-0.39, 0.29) is 0 Å². The average molecular weight is 210 g/mol. The molecule has 0 amide bonds. The molecule has 1 aliphatic rings. The summed E-state index contributed by atoms with van der Waals surface area (Å²) in [5.74, 6) is 1.12. The van der Waals surface area contributed by atoms with Gasteiger partial charge in [-0.3, -0.25) is 0 Å². The highest BCUT2D eigenvalue weighted by Crippen LogP contribution is 2.14. The Hall–Kier alpha value is -1.59. The van der Waals surface area contributed by atoms with E-state index in [9.17, 15) is 0 Å². The minimum absolute atomic E-state index is 0.472. The Kier molecular flexibility index (Phi) is 2.57. The van der Waals surface area contributed by atoms with Gasteiger partial charge in [0.2, 0.25) is 0 Å². The first kappa shape index (κ1) is 9.95. The van der Waals surface area contributed by atoms with Crippen LogP contribution in [0.2, 0.25) is 0 Å². The van der Waals surface area contributed by atoms with E-state index in [1.54, 1.807) is 4.57 Å². The maximum Gasteiger partial charge on any atom is 0.407 e. The zero-order chi connectivity index (χ0) is 10.8. The zero-order valence-corrected chi connectivity index (χ0v) is 9.10. The zero-order valence-electron chi connectivity index (χ0n) is 9.10. The molecule has 15 heavy (non-hydrogen) atoms. The van der Waals surface area contributed by atoms with Crippen LogP contribution in [-0.4, -0.2) is 29.7 Å². The van der Waals surface area contributed by atoms with Gasteiger partial charge < -0.3 is 15.4 Å². The summed E-state index contributed by atoms with van der Waals surface area (Å²) in [7, 11) is 0. The second-order valence-corrected chi connectivity index (χ2v) is 3.34. The van der Waals surface area contributed by atoms with E-state index in [1.807, 2.05) is 4.90 Å². The van der Waals surface area contributed by atoms with Crippen LogP contribution in [-0.2, 0) is 6.54 Å². The van der Waals surface area contributed by atoms with Crippen LogP contribution in [0.3, 0.4) is 0 Å². The van der Waals surface area contributed by atoms with Gasteiger partial charge in [-0.2, -0.15) is 4.57 Å². The van der Waals surface area contributed by atoms with E-state index in [4.69, 9.17) is 10.5 Å². The second kappa shape index (κ2) is 3.88. The summed E-state index contributed by atoms with van der Waals surface area (Å²) >= 11 is 0. The Bertz CT molecular complexity index is 364. The third-order valence-corrected chi connectivity index (χ3v) is 2.51. The molecule has 0 saturated heterocycles. The van der Waals surface area contributed by atoms with Crippen LogP contribution in [0.1, 0.15) is 13.8 Å². The number of nitrogens with two attached hydrogens (primary N) is 1. The smallest absolute Gasteiger partial charge is 0.407 e. The summed E-state index contributed by atoms with van der Waals surface area (Å²) in [6.07, 6.45) is 0. The first-order valence-corrected chi connectivity index (χ1v) is 5.21. The molecule has 2 heterocycles. The third-order valence-electron chi connectivity index (χ3n) is 2.51. The van der Waals surface area contributed by atoms with Crippen molar-refractivity contribution in [1.29, 1.82) is 0 Å². The number of hydrogen-bond donors (Lipinski definition) is 1. The maximum absolute atomic E-state index is 5.83. The molecular weight excluding hydrogens is 194 g/mol. The first-order valence-electron chi connectivity index (χ1n) is 5.21. The van der Waals surface area contributed by atoms with Gasteiger partial charge in [0.05, 0.1) is 0 Å². The van der Waals surface area contributed by atoms with Crippen LogP contribution in [0.15, 0.2) is 0 Å². The van der Waals surface area contributed by atoms with E-state index in [0.717, 1.165) is 19.6 Å². The fourth-order valence-corrected chi connectivity index (χ4v) is 1.63. The quantitative estimate of drug-likeness (QED) is 0.687. The van der Waals surface area contributed by atoms with Crippen LogP contribution < -0.4 is 19.9 Å². The van der Waals surface area contributed by atoms with Crippen LogP contribution in [0.4, 0.5) is 11.9 Å². The number of rotatable bonds is 3. The number of hydrogen-bond acceptors (Lipinski definition) is 5. The molecule has 0 atom stereocenters. The lowest BCUT2D eigenvalue weighted by atomic mass is 10.5. The van der Waals surface area contributed by atoms with E-state index < -0.39 is 0 Å². The van der Waals surface area contributed by atoms with Crippen LogP contribution in [0, 0.1) is 0 Å². The molecule has 2 N–H and O–H groups in total. The van der Waals surface area contributed by atoms with E-state index in [2.05, 4.69) is 23.8 Å². The monoisotopic (exact) mass is 210 g/mol. The maximum atomic E-state index is 5.83. The molecule has 0 radical (unpaired) electrons. The molecule has 6 nitrogen and oxygen atoms in total. The third kappa shape index (κ3) is 1.67. The summed E-state index contributed by atoms with van der Waals surface area (Å²) in [5, 5.41) is 0. The molecule has 1 aliphatic heterocycles. The highest BCUT2D eigenvalue weighted by Gasteiger charge is 2.26. The van der Waals surface area contributed by atoms with Crippen molar-refractivity contribution >= 4 is 11.9 Å². The summed E-state index contributed by atoms with van der Waals surface area (Å²) in [5.41, 5.74) is 5.83. The lowest BCUT2D eigenvalue weighted by molar-refractivity contribution is -0.670. The number of anilines is 2. The number of ether oxygens (including phenoxy) is 1. The Morgan fingerprint density at radius 1 is 1.40 bits per heavy atom. The molecule has 0 fully saturated rings. The van der Waals surface area contributed by atoms with Crippen molar-refractivity contribution in [2.24, 2.45) is 0 Å². The molecule has 82 valence electrons. The minimum Gasteiger partial charge on any atom is -0.444 e. The molecule has 1 aromatic rings. The molecule has 0 spiro atoms. The van der Waals surface area contributed by atoms with Gasteiger partial charge in [-0.1, -0.05) is 4.98 Å². The Labute approximate surface area is 88.7 Å². The fraction of sp³-hybridized carbons (Fsp3) is 0.667. The van der Waals surface area contributed by atoms with Gasteiger partial charge in [-0.15, -0.1) is 0 Å². The molecular formula is C9H16N5O+. The molecule has 0 saturated carbocycles. The van der Waals surface area contributed by atoms with E-state index >= 15 is 0 Å². The first-order chi connectivity index (χ1) is 7.26. The van der Waals surface area contributed by atoms with Crippen LogP contribution in [0.5, 0.6) is 6.01 Å². The van der Waals surface area contributed by atoms with Crippen molar-refractivity contribution in [3.05, 3.63) is 0 Å². The number of fused-ring (bicyclic) bond motifs is 1. The number of aromatic nitrogens is 3. The lowest BCUT2D eigenvalue weighted by Crippen LogP contribution is -2.37. The molecule has 1 aromatic heterocycles. The van der Waals surface area contributed by atoms with Gasteiger partial charge >= 0.3 is 17.9 Å². The Morgan fingerprint density at radius 2 is 2.13 bits per heavy atom. The Balaban J connectivity index is 2.38. The second-order valence-electron chi connectivity index (χ2n) is 3.34. The van der Waals surface area contributed by atoms with Crippen molar-refractivity contribution in [2.75, 3.05) is 30.3 Å². The topological polar surface area (TPSA) is 68.2 Å². The summed E-state index contributed by atoms with van der Waals surface area (Å²) in [4.78, 5) is 10.6. The summed E-state index contributed by atoms with van der Waals surface area (Å²) < 4.78 is 7.15. The van der Waals surface area contributed by atoms with Crippen LogP contribution in [0.25, 0.3) is 0 Å². The SMILES string of the molecule is CCN(CC)c1nc(N)[n+]2c(n1)OCC2. The Morgan fingerprint density at radius 3 is 2.80 bits per heavy atom. The molecule has 0 aliphatic carbocycles.